The van der Waals surface area contributed by atoms with Crippen molar-refractivity contribution in [1.82, 2.24) is 0 Å². The zero-order valence-electron chi connectivity index (χ0n) is 27.8. The number of aryl methyl sites for hydroxylation is 1. The highest BCUT2D eigenvalue weighted by Gasteiger charge is 2.19. The number of benzene rings is 9. The van der Waals surface area contributed by atoms with E-state index < -0.39 is 0 Å². The highest BCUT2D eigenvalue weighted by atomic mass is 32.1. The monoisotopic (exact) mass is 654 g/mol. The standard InChI is InChI=1S/C49H34S/c1-32-40-19-9-8-18-35(40)24-26-41(32)46-31-36(25-27-47(46)50)48-42-20-10-12-22-44(42)49(45-23-13-11-21-43(45)48)39-29-37(33-14-4-2-5-15-33)28-38(30-39)34-16-6-3-7-17-34/h2-31,50H,1H3. The first-order valence-corrected chi connectivity index (χ1v) is 17.6. The number of hydrogen-bond donors (Lipinski definition) is 1. The molecule has 50 heavy (non-hydrogen) atoms. The summed E-state index contributed by atoms with van der Waals surface area (Å²) in [6.45, 7) is 2.23. The summed E-state index contributed by atoms with van der Waals surface area (Å²) in [7, 11) is 0. The van der Waals surface area contributed by atoms with Crippen LogP contribution in [0.2, 0.25) is 0 Å². The summed E-state index contributed by atoms with van der Waals surface area (Å²) in [5.74, 6) is 0. The van der Waals surface area contributed by atoms with Gasteiger partial charge in [0, 0.05) is 4.90 Å². The Balaban J connectivity index is 1.32. The van der Waals surface area contributed by atoms with Gasteiger partial charge in [-0.05, 0) is 131 Å². The molecule has 0 aliphatic heterocycles. The van der Waals surface area contributed by atoms with Crippen LogP contribution in [0.15, 0.2) is 187 Å². The Hall–Kier alpha value is -5.89. The third-order valence-electron chi connectivity index (χ3n) is 10.1. The lowest BCUT2D eigenvalue weighted by Gasteiger charge is -2.20. The van der Waals surface area contributed by atoms with Crippen LogP contribution in [-0.2, 0) is 0 Å². The molecule has 0 fully saturated rings. The van der Waals surface area contributed by atoms with Crippen molar-refractivity contribution in [3.63, 3.8) is 0 Å². The number of hydrogen-bond acceptors (Lipinski definition) is 1. The molecule has 9 rings (SSSR count). The zero-order chi connectivity index (χ0) is 33.6. The van der Waals surface area contributed by atoms with Crippen molar-refractivity contribution < 1.29 is 0 Å². The number of fused-ring (bicyclic) bond motifs is 3. The molecule has 1 heteroatoms. The second-order valence-corrected chi connectivity index (χ2v) is 13.5. The van der Waals surface area contributed by atoms with Crippen LogP contribution in [0.25, 0.3) is 88.0 Å². The predicted molar refractivity (Wildman–Crippen MR) is 218 cm³/mol. The highest BCUT2D eigenvalue weighted by Crippen LogP contribution is 2.46. The lowest BCUT2D eigenvalue weighted by molar-refractivity contribution is 1.42. The van der Waals surface area contributed by atoms with Crippen LogP contribution in [0, 0.1) is 6.92 Å². The molecule has 9 aromatic rings. The summed E-state index contributed by atoms with van der Waals surface area (Å²) in [6.07, 6.45) is 0. The van der Waals surface area contributed by atoms with Crippen molar-refractivity contribution in [3.8, 4) is 55.6 Å². The molecule has 0 saturated heterocycles. The van der Waals surface area contributed by atoms with E-state index in [1.807, 2.05) is 0 Å². The molecule has 0 atom stereocenters. The fourth-order valence-corrected chi connectivity index (χ4v) is 8.00. The quantitative estimate of drug-likeness (QED) is 0.139. The van der Waals surface area contributed by atoms with Crippen LogP contribution >= 0.6 is 12.6 Å². The molecule has 0 spiro atoms. The van der Waals surface area contributed by atoms with Gasteiger partial charge in [0.1, 0.15) is 0 Å². The summed E-state index contributed by atoms with van der Waals surface area (Å²) >= 11 is 5.00. The van der Waals surface area contributed by atoms with Gasteiger partial charge in [0.25, 0.3) is 0 Å². The second-order valence-electron chi connectivity index (χ2n) is 13.1. The first-order valence-electron chi connectivity index (χ1n) is 17.2. The fraction of sp³-hybridized carbons (Fsp3) is 0.0204. The SMILES string of the molecule is Cc1c(-c2cc(-c3c4ccccc4c(-c4cc(-c5ccccc5)cc(-c5ccccc5)c4)c4ccccc34)ccc2S)ccc2ccccc12. The highest BCUT2D eigenvalue weighted by molar-refractivity contribution is 7.80. The van der Waals surface area contributed by atoms with E-state index in [2.05, 4.69) is 189 Å². The summed E-state index contributed by atoms with van der Waals surface area (Å²) in [5, 5.41) is 7.48. The molecule has 0 aromatic heterocycles. The lowest BCUT2D eigenvalue weighted by Crippen LogP contribution is -1.93. The van der Waals surface area contributed by atoms with E-state index in [1.165, 1.54) is 88.0 Å². The van der Waals surface area contributed by atoms with Crippen molar-refractivity contribution in [2.24, 2.45) is 0 Å². The molecule has 0 aliphatic carbocycles. The maximum absolute atomic E-state index is 5.00. The Labute approximate surface area is 298 Å². The van der Waals surface area contributed by atoms with E-state index in [4.69, 9.17) is 12.6 Å². The average Bonchev–Trinajstić information content (AvgIpc) is 3.18. The maximum Gasteiger partial charge on any atom is 0.0119 e. The Bertz CT molecular complexity index is 2590. The van der Waals surface area contributed by atoms with Gasteiger partial charge in [-0.25, -0.2) is 0 Å². The lowest BCUT2D eigenvalue weighted by atomic mass is 9.84. The third-order valence-corrected chi connectivity index (χ3v) is 10.5. The molecule has 0 unspecified atom stereocenters. The van der Waals surface area contributed by atoms with Crippen LogP contribution < -0.4 is 0 Å². The van der Waals surface area contributed by atoms with Gasteiger partial charge in [0.15, 0.2) is 0 Å². The number of rotatable bonds is 5. The molecule has 9 aromatic carbocycles. The van der Waals surface area contributed by atoms with Gasteiger partial charge in [-0.3, -0.25) is 0 Å². The Morgan fingerprint density at radius 3 is 1.34 bits per heavy atom. The first kappa shape index (κ1) is 30.2. The molecular formula is C49H34S. The predicted octanol–water partition coefficient (Wildman–Crippen LogP) is 14.1. The van der Waals surface area contributed by atoms with E-state index in [0.717, 1.165) is 10.5 Å². The largest absolute Gasteiger partial charge is 0.143 e. The molecule has 0 nitrogen and oxygen atoms in total. The topological polar surface area (TPSA) is 0 Å². The smallest absolute Gasteiger partial charge is 0.0119 e. The summed E-state index contributed by atoms with van der Waals surface area (Å²) in [5.41, 5.74) is 13.4. The van der Waals surface area contributed by atoms with Gasteiger partial charge in [0.05, 0.1) is 0 Å². The Morgan fingerprint density at radius 2 is 0.780 bits per heavy atom. The molecule has 0 aliphatic rings. The van der Waals surface area contributed by atoms with E-state index >= 15 is 0 Å². The normalized spacial score (nSPS) is 11.4. The average molecular weight is 655 g/mol. The van der Waals surface area contributed by atoms with Crippen LogP contribution in [0.5, 0.6) is 0 Å². The Morgan fingerprint density at radius 1 is 0.320 bits per heavy atom. The third kappa shape index (κ3) is 5.19. The van der Waals surface area contributed by atoms with Gasteiger partial charge < -0.3 is 0 Å². The summed E-state index contributed by atoms with van der Waals surface area (Å²) in [4.78, 5) is 0.975. The van der Waals surface area contributed by atoms with Crippen molar-refractivity contribution in [2.45, 2.75) is 11.8 Å². The second kappa shape index (κ2) is 12.5. The van der Waals surface area contributed by atoms with Crippen molar-refractivity contribution in [2.75, 3.05) is 0 Å². The number of thiol groups is 1. The molecule has 0 radical (unpaired) electrons. The van der Waals surface area contributed by atoms with E-state index in [0.29, 0.717) is 0 Å². The minimum Gasteiger partial charge on any atom is -0.143 e. The van der Waals surface area contributed by atoms with E-state index in [-0.39, 0.29) is 0 Å². The fourth-order valence-electron chi connectivity index (χ4n) is 7.74. The summed E-state index contributed by atoms with van der Waals surface area (Å²) < 4.78 is 0. The van der Waals surface area contributed by atoms with Crippen LogP contribution in [0.1, 0.15) is 5.56 Å². The van der Waals surface area contributed by atoms with Crippen molar-refractivity contribution >= 4 is 44.9 Å². The minimum atomic E-state index is 0.975. The van der Waals surface area contributed by atoms with Gasteiger partial charge in [-0.1, -0.05) is 152 Å². The molecule has 236 valence electrons. The van der Waals surface area contributed by atoms with Crippen LogP contribution in [0.4, 0.5) is 0 Å². The van der Waals surface area contributed by atoms with E-state index in [9.17, 15) is 0 Å². The minimum absolute atomic E-state index is 0.975. The zero-order valence-corrected chi connectivity index (χ0v) is 28.7. The van der Waals surface area contributed by atoms with Crippen LogP contribution in [-0.4, -0.2) is 0 Å². The molecule has 0 amide bonds. The van der Waals surface area contributed by atoms with Gasteiger partial charge in [-0.15, -0.1) is 12.6 Å². The van der Waals surface area contributed by atoms with Gasteiger partial charge >= 0.3 is 0 Å². The molecule has 0 bridgehead atoms. The maximum atomic E-state index is 5.00. The molecular weight excluding hydrogens is 621 g/mol. The van der Waals surface area contributed by atoms with Crippen molar-refractivity contribution in [1.29, 1.82) is 0 Å². The first-order chi connectivity index (χ1) is 24.6. The van der Waals surface area contributed by atoms with Gasteiger partial charge in [0.2, 0.25) is 0 Å². The molecule has 0 heterocycles. The summed E-state index contributed by atoms with van der Waals surface area (Å²) in [6, 6.07) is 66.2. The molecule has 0 saturated carbocycles. The Kier molecular flexibility index (Phi) is 7.57. The molecule has 0 N–H and O–H groups in total. The van der Waals surface area contributed by atoms with Crippen LogP contribution in [0.3, 0.4) is 0 Å². The van der Waals surface area contributed by atoms with Crippen molar-refractivity contribution in [3.05, 3.63) is 188 Å². The van der Waals surface area contributed by atoms with E-state index in [1.54, 1.807) is 0 Å². The van der Waals surface area contributed by atoms with Gasteiger partial charge in [-0.2, -0.15) is 0 Å².